The first-order valence-corrected chi connectivity index (χ1v) is 6.20. The Morgan fingerprint density at radius 3 is 2.88 bits per heavy atom. The number of nitrogens with zero attached hydrogens (tertiary/aromatic N) is 2. The van der Waals surface area contributed by atoms with Crippen LogP contribution in [0.15, 0.2) is 36.5 Å². The number of thiazole rings is 1. The molecule has 0 aliphatic heterocycles. The molecule has 2 heterocycles. The van der Waals surface area contributed by atoms with Crippen LogP contribution in [-0.4, -0.2) is 9.97 Å². The molecule has 0 fully saturated rings. The van der Waals surface area contributed by atoms with Crippen molar-refractivity contribution in [3.63, 3.8) is 0 Å². The van der Waals surface area contributed by atoms with E-state index in [1.165, 1.54) is 11.3 Å². The lowest BCUT2D eigenvalue weighted by Gasteiger charge is -1.99. The van der Waals surface area contributed by atoms with Crippen LogP contribution in [0, 0.1) is 0 Å². The van der Waals surface area contributed by atoms with Gasteiger partial charge in [0.25, 0.3) is 0 Å². The first-order chi connectivity index (χ1) is 8.22. The number of halogens is 1. The molecule has 0 saturated carbocycles. The number of nitrogens with two attached hydrogens (primary N) is 1. The monoisotopic (exact) mass is 261 g/mol. The highest BCUT2D eigenvalue weighted by Crippen LogP contribution is 2.31. The van der Waals surface area contributed by atoms with E-state index < -0.39 is 0 Å². The molecular weight excluding hydrogens is 254 g/mol. The average molecular weight is 262 g/mol. The fraction of sp³-hybridized carbons (Fsp3) is 0. The molecular formula is C12H8ClN3S. The normalized spacial score (nSPS) is 10.9. The highest BCUT2D eigenvalue weighted by Gasteiger charge is 2.07. The van der Waals surface area contributed by atoms with Crippen molar-refractivity contribution in [1.82, 2.24) is 9.97 Å². The van der Waals surface area contributed by atoms with Gasteiger partial charge in [0.2, 0.25) is 0 Å². The molecule has 0 unspecified atom stereocenters. The number of anilines is 1. The molecule has 5 heteroatoms. The van der Waals surface area contributed by atoms with Gasteiger partial charge in [-0.25, -0.2) is 9.97 Å². The lowest BCUT2D eigenvalue weighted by atomic mass is 10.2. The van der Waals surface area contributed by atoms with Crippen LogP contribution in [0.5, 0.6) is 0 Å². The van der Waals surface area contributed by atoms with Crippen LogP contribution >= 0.6 is 22.9 Å². The van der Waals surface area contributed by atoms with Crippen LogP contribution in [-0.2, 0) is 0 Å². The number of benzene rings is 1. The molecule has 0 aliphatic carbocycles. The van der Waals surface area contributed by atoms with E-state index in [0.717, 1.165) is 20.9 Å². The zero-order chi connectivity index (χ0) is 11.8. The van der Waals surface area contributed by atoms with Gasteiger partial charge in [-0.05, 0) is 30.3 Å². The van der Waals surface area contributed by atoms with Crippen LogP contribution in [0.25, 0.3) is 20.9 Å². The van der Waals surface area contributed by atoms with Crippen LogP contribution in [0.2, 0.25) is 5.02 Å². The summed E-state index contributed by atoms with van der Waals surface area (Å²) in [6.45, 7) is 0. The summed E-state index contributed by atoms with van der Waals surface area (Å²) >= 11 is 7.51. The average Bonchev–Trinajstić information content (AvgIpc) is 2.71. The molecule has 84 valence electrons. The second-order valence-corrected chi connectivity index (χ2v) is 5.03. The minimum absolute atomic E-state index is 0.618. The summed E-state index contributed by atoms with van der Waals surface area (Å²) < 4.78 is 0. The van der Waals surface area contributed by atoms with Crippen molar-refractivity contribution in [2.24, 2.45) is 0 Å². The third-order valence-corrected chi connectivity index (χ3v) is 3.58. The zero-order valence-electron chi connectivity index (χ0n) is 8.72. The van der Waals surface area contributed by atoms with Crippen molar-refractivity contribution in [3.8, 4) is 10.6 Å². The third-order valence-electron chi connectivity index (χ3n) is 2.33. The Hall–Kier alpha value is -1.65. The molecule has 0 amide bonds. The van der Waals surface area contributed by atoms with Gasteiger partial charge in [0.15, 0.2) is 0 Å². The Kier molecular flexibility index (Phi) is 2.46. The van der Waals surface area contributed by atoms with Crippen molar-refractivity contribution in [1.29, 1.82) is 0 Å². The Bertz CT molecular complexity index is 640. The highest BCUT2D eigenvalue weighted by molar-refractivity contribution is 7.21. The minimum Gasteiger partial charge on any atom is -0.399 e. The van der Waals surface area contributed by atoms with E-state index in [9.17, 15) is 0 Å². The van der Waals surface area contributed by atoms with E-state index >= 15 is 0 Å². The minimum atomic E-state index is 0.618. The number of aromatic nitrogens is 2. The summed E-state index contributed by atoms with van der Waals surface area (Å²) in [7, 11) is 0. The van der Waals surface area contributed by atoms with E-state index in [1.807, 2.05) is 24.3 Å². The number of fused-ring (bicyclic) bond motifs is 1. The van der Waals surface area contributed by atoms with Crippen molar-refractivity contribution in [3.05, 3.63) is 41.6 Å². The number of nitrogen functional groups attached to an aromatic ring is 1. The summed E-state index contributed by atoms with van der Waals surface area (Å²) in [5, 5.41) is 1.50. The summed E-state index contributed by atoms with van der Waals surface area (Å²) in [5.74, 6) is 0. The fourth-order valence-corrected chi connectivity index (χ4v) is 2.77. The fourth-order valence-electron chi connectivity index (χ4n) is 1.63. The maximum absolute atomic E-state index is 5.98. The van der Waals surface area contributed by atoms with E-state index in [0.29, 0.717) is 10.7 Å². The molecule has 0 radical (unpaired) electrons. The summed E-state index contributed by atoms with van der Waals surface area (Å²) in [6.07, 6.45) is 1.76. The molecule has 0 spiro atoms. The van der Waals surface area contributed by atoms with Crippen LogP contribution in [0.3, 0.4) is 0 Å². The lowest BCUT2D eigenvalue weighted by Crippen LogP contribution is -1.85. The Morgan fingerprint density at radius 1 is 1.24 bits per heavy atom. The van der Waals surface area contributed by atoms with Gasteiger partial charge in [-0.3, -0.25) is 0 Å². The molecule has 1 aromatic carbocycles. The van der Waals surface area contributed by atoms with Crippen molar-refractivity contribution >= 4 is 39.0 Å². The zero-order valence-corrected chi connectivity index (χ0v) is 10.3. The van der Waals surface area contributed by atoms with E-state index in [2.05, 4.69) is 9.97 Å². The molecule has 0 bridgehead atoms. The number of rotatable bonds is 1. The maximum atomic E-state index is 5.98. The molecule has 17 heavy (non-hydrogen) atoms. The van der Waals surface area contributed by atoms with Gasteiger partial charge in [-0.2, -0.15) is 0 Å². The van der Waals surface area contributed by atoms with Gasteiger partial charge in [0, 0.05) is 22.5 Å². The second-order valence-electron chi connectivity index (χ2n) is 3.62. The Morgan fingerprint density at radius 2 is 2.12 bits per heavy atom. The molecule has 2 N–H and O–H groups in total. The number of pyridine rings is 1. The first kappa shape index (κ1) is 10.5. The lowest BCUT2D eigenvalue weighted by molar-refractivity contribution is 1.41. The van der Waals surface area contributed by atoms with E-state index in [1.54, 1.807) is 12.3 Å². The molecule has 0 aliphatic rings. The van der Waals surface area contributed by atoms with Gasteiger partial charge >= 0.3 is 0 Å². The molecule has 0 saturated heterocycles. The number of hydrogen-bond acceptors (Lipinski definition) is 4. The maximum Gasteiger partial charge on any atom is 0.143 e. The van der Waals surface area contributed by atoms with Crippen molar-refractivity contribution in [2.45, 2.75) is 0 Å². The molecule has 3 rings (SSSR count). The van der Waals surface area contributed by atoms with Gasteiger partial charge in [0.1, 0.15) is 15.4 Å². The van der Waals surface area contributed by atoms with Gasteiger partial charge < -0.3 is 5.73 Å². The quantitative estimate of drug-likeness (QED) is 0.681. The smallest absolute Gasteiger partial charge is 0.143 e. The molecule has 3 aromatic rings. The Balaban J connectivity index is 2.20. The largest absolute Gasteiger partial charge is 0.399 e. The highest BCUT2D eigenvalue weighted by atomic mass is 35.5. The van der Waals surface area contributed by atoms with E-state index in [-0.39, 0.29) is 0 Å². The van der Waals surface area contributed by atoms with Gasteiger partial charge in [0.05, 0.1) is 0 Å². The van der Waals surface area contributed by atoms with Gasteiger partial charge in [-0.1, -0.05) is 22.9 Å². The third kappa shape index (κ3) is 1.97. The predicted molar refractivity (Wildman–Crippen MR) is 72.3 cm³/mol. The number of hydrogen-bond donors (Lipinski definition) is 1. The molecule has 2 aromatic heterocycles. The summed E-state index contributed by atoms with van der Waals surface area (Å²) in [6, 6.07) is 9.25. The standard InChI is InChI=1S/C12H8ClN3S/c13-8-4-7(5-9(14)6-8)11-16-10-2-1-3-15-12(10)17-11/h1-6H,14H2. The van der Waals surface area contributed by atoms with Gasteiger partial charge in [-0.15, -0.1) is 0 Å². The summed E-state index contributed by atoms with van der Waals surface area (Å²) in [4.78, 5) is 9.69. The van der Waals surface area contributed by atoms with Crippen LogP contribution in [0.1, 0.15) is 0 Å². The summed E-state index contributed by atoms with van der Waals surface area (Å²) in [5.41, 5.74) is 8.23. The SMILES string of the molecule is Nc1cc(Cl)cc(-c2nc3cccnc3s2)c1. The predicted octanol–water partition coefficient (Wildman–Crippen LogP) is 3.59. The van der Waals surface area contributed by atoms with Crippen LogP contribution in [0.4, 0.5) is 5.69 Å². The topological polar surface area (TPSA) is 51.8 Å². The first-order valence-electron chi connectivity index (χ1n) is 5.00. The second kappa shape index (κ2) is 3.98. The molecule has 0 atom stereocenters. The molecule has 3 nitrogen and oxygen atoms in total. The van der Waals surface area contributed by atoms with E-state index in [4.69, 9.17) is 17.3 Å². The van der Waals surface area contributed by atoms with Crippen molar-refractivity contribution in [2.75, 3.05) is 5.73 Å². The van der Waals surface area contributed by atoms with Crippen molar-refractivity contribution < 1.29 is 0 Å². The van der Waals surface area contributed by atoms with Crippen LogP contribution < -0.4 is 5.73 Å². The Labute approximate surface area is 107 Å².